The van der Waals surface area contributed by atoms with Crippen molar-refractivity contribution in [2.24, 2.45) is 0 Å². The van der Waals surface area contributed by atoms with Crippen LogP contribution in [-0.2, 0) is 9.59 Å². The number of benzene rings is 2. The molecule has 0 unspecified atom stereocenters. The summed E-state index contributed by atoms with van der Waals surface area (Å²) >= 11 is 0. The van der Waals surface area contributed by atoms with Crippen molar-refractivity contribution in [3.05, 3.63) is 77.9 Å². The van der Waals surface area contributed by atoms with Crippen LogP contribution in [0.2, 0.25) is 0 Å². The maximum Gasteiger partial charge on any atom is 0.335 e. The molecule has 1 aliphatic heterocycles. The highest BCUT2D eigenvalue weighted by atomic mass is 16.5. The molecule has 1 heterocycles. The monoisotopic (exact) mass is 362 g/mol. The van der Waals surface area contributed by atoms with Crippen molar-refractivity contribution in [2.45, 2.75) is 6.92 Å². The van der Waals surface area contributed by atoms with E-state index in [9.17, 15) is 14.4 Å². The molecule has 136 valence electrons. The molecule has 27 heavy (non-hydrogen) atoms. The van der Waals surface area contributed by atoms with Crippen LogP contribution < -0.4 is 15.0 Å². The number of amides is 4. The van der Waals surface area contributed by atoms with Gasteiger partial charge in [-0.15, -0.1) is 0 Å². The molecule has 1 aliphatic rings. The van der Waals surface area contributed by atoms with Gasteiger partial charge < -0.3 is 4.74 Å². The van der Waals surface area contributed by atoms with Gasteiger partial charge in [0.1, 0.15) is 17.9 Å². The number of para-hydroxylation sites is 1. The van der Waals surface area contributed by atoms with Gasteiger partial charge in [0.2, 0.25) is 0 Å². The second-order valence-electron chi connectivity index (χ2n) is 5.91. The van der Waals surface area contributed by atoms with Gasteiger partial charge >= 0.3 is 6.03 Å². The standard InChI is InChI=1S/C21H18N2O4/c1-3-12-27-16-10-8-15(9-11-16)13-17-19(24)22-21(26)23(20(17)25)18-7-5-4-6-14(18)2/h3-11,13H,1,12H2,2H3,(H,22,24,26)/b17-13+. The summed E-state index contributed by atoms with van der Waals surface area (Å²) in [6, 6.07) is 13.1. The number of barbiturate groups is 1. The van der Waals surface area contributed by atoms with E-state index in [4.69, 9.17) is 4.74 Å². The van der Waals surface area contributed by atoms with Crippen LogP contribution in [0.3, 0.4) is 0 Å². The lowest BCUT2D eigenvalue weighted by Gasteiger charge is -2.27. The lowest BCUT2D eigenvalue weighted by molar-refractivity contribution is -0.122. The van der Waals surface area contributed by atoms with Gasteiger partial charge in [-0.3, -0.25) is 14.9 Å². The molecule has 6 nitrogen and oxygen atoms in total. The van der Waals surface area contributed by atoms with E-state index in [1.807, 2.05) is 6.07 Å². The van der Waals surface area contributed by atoms with Gasteiger partial charge in [0.15, 0.2) is 0 Å². The van der Waals surface area contributed by atoms with E-state index in [0.29, 0.717) is 23.6 Å². The number of carbonyl (C=O) groups excluding carboxylic acids is 3. The molecule has 4 amide bonds. The molecule has 6 heteroatoms. The van der Waals surface area contributed by atoms with E-state index >= 15 is 0 Å². The predicted octanol–water partition coefficient (Wildman–Crippen LogP) is 3.23. The summed E-state index contributed by atoms with van der Waals surface area (Å²) in [5.74, 6) is -0.736. The molecule has 2 aromatic rings. The third-order valence-electron chi connectivity index (χ3n) is 4.02. The number of imide groups is 2. The van der Waals surface area contributed by atoms with Crippen molar-refractivity contribution in [1.29, 1.82) is 0 Å². The van der Waals surface area contributed by atoms with Gasteiger partial charge in [-0.05, 0) is 42.3 Å². The molecule has 1 N–H and O–H groups in total. The summed E-state index contributed by atoms with van der Waals surface area (Å²) in [6.07, 6.45) is 3.09. The van der Waals surface area contributed by atoms with Crippen molar-refractivity contribution in [3.8, 4) is 5.75 Å². The molecular formula is C21H18N2O4. The SMILES string of the molecule is C=CCOc1ccc(/C=C2\C(=O)NC(=O)N(c3ccccc3C)C2=O)cc1. The third kappa shape index (κ3) is 3.79. The molecule has 0 aromatic heterocycles. The van der Waals surface area contributed by atoms with Gasteiger partial charge in [0, 0.05) is 0 Å². The maximum atomic E-state index is 12.9. The zero-order chi connectivity index (χ0) is 19.4. The Morgan fingerprint density at radius 3 is 2.44 bits per heavy atom. The van der Waals surface area contributed by atoms with E-state index in [0.717, 1.165) is 10.5 Å². The quantitative estimate of drug-likeness (QED) is 0.503. The van der Waals surface area contributed by atoms with Crippen molar-refractivity contribution >= 4 is 29.6 Å². The highest BCUT2D eigenvalue weighted by molar-refractivity contribution is 6.39. The summed E-state index contributed by atoms with van der Waals surface area (Å²) < 4.78 is 5.41. The van der Waals surface area contributed by atoms with Crippen LogP contribution in [0.4, 0.5) is 10.5 Å². The van der Waals surface area contributed by atoms with Crippen molar-refractivity contribution in [1.82, 2.24) is 5.32 Å². The molecule has 1 fully saturated rings. The smallest absolute Gasteiger partial charge is 0.335 e. The fraction of sp³-hybridized carbons (Fsp3) is 0.0952. The summed E-state index contributed by atoms with van der Waals surface area (Å²) in [6.45, 7) is 5.76. The minimum Gasteiger partial charge on any atom is -0.490 e. The van der Waals surface area contributed by atoms with Gasteiger partial charge in [-0.25, -0.2) is 9.69 Å². The molecule has 2 aromatic carbocycles. The van der Waals surface area contributed by atoms with Gasteiger partial charge in [-0.1, -0.05) is 43.0 Å². The van der Waals surface area contributed by atoms with E-state index in [2.05, 4.69) is 11.9 Å². The molecule has 0 saturated carbocycles. The summed E-state index contributed by atoms with van der Waals surface area (Å²) in [4.78, 5) is 38.3. The summed E-state index contributed by atoms with van der Waals surface area (Å²) in [7, 11) is 0. The van der Waals surface area contributed by atoms with Crippen molar-refractivity contribution in [3.63, 3.8) is 0 Å². The molecule has 1 saturated heterocycles. The first-order valence-corrected chi connectivity index (χ1v) is 8.32. The van der Waals surface area contributed by atoms with Crippen LogP contribution >= 0.6 is 0 Å². The van der Waals surface area contributed by atoms with E-state index in [1.165, 1.54) is 6.08 Å². The molecular weight excluding hydrogens is 344 g/mol. The van der Waals surface area contributed by atoms with E-state index < -0.39 is 17.8 Å². The molecule has 3 rings (SSSR count). The Balaban J connectivity index is 1.92. The Kier molecular flexibility index (Phi) is 5.17. The minimum absolute atomic E-state index is 0.113. The van der Waals surface area contributed by atoms with Crippen LogP contribution in [0, 0.1) is 6.92 Å². The van der Waals surface area contributed by atoms with E-state index in [1.54, 1.807) is 55.5 Å². The number of carbonyl (C=O) groups is 3. The number of ether oxygens (including phenoxy) is 1. The minimum atomic E-state index is -0.760. The number of urea groups is 1. The normalized spacial score (nSPS) is 15.7. The van der Waals surface area contributed by atoms with Crippen molar-refractivity contribution < 1.29 is 19.1 Å². The van der Waals surface area contributed by atoms with Crippen LogP contribution in [0.1, 0.15) is 11.1 Å². The first kappa shape index (κ1) is 18.1. The predicted molar refractivity (Wildman–Crippen MR) is 102 cm³/mol. The molecule has 0 spiro atoms. The van der Waals surface area contributed by atoms with Gasteiger partial charge in [-0.2, -0.15) is 0 Å². The second-order valence-corrected chi connectivity index (χ2v) is 5.91. The van der Waals surface area contributed by atoms with E-state index in [-0.39, 0.29) is 5.57 Å². The largest absolute Gasteiger partial charge is 0.490 e. The number of hydrogen-bond acceptors (Lipinski definition) is 4. The zero-order valence-corrected chi connectivity index (χ0v) is 14.8. The van der Waals surface area contributed by atoms with Crippen LogP contribution in [0.5, 0.6) is 5.75 Å². The van der Waals surface area contributed by atoms with Crippen molar-refractivity contribution in [2.75, 3.05) is 11.5 Å². The summed E-state index contributed by atoms with van der Waals surface area (Å²) in [5.41, 5.74) is 1.71. The van der Waals surface area contributed by atoms with Crippen LogP contribution in [0.25, 0.3) is 6.08 Å². The Bertz CT molecular complexity index is 945. The first-order chi connectivity index (χ1) is 13.0. The Morgan fingerprint density at radius 1 is 1.07 bits per heavy atom. The van der Waals surface area contributed by atoms with Gasteiger partial charge in [0.25, 0.3) is 11.8 Å². The molecule has 0 atom stereocenters. The highest BCUT2D eigenvalue weighted by Crippen LogP contribution is 2.25. The molecule has 0 bridgehead atoms. The zero-order valence-electron chi connectivity index (χ0n) is 14.8. The number of rotatable bonds is 5. The third-order valence-corrected chi connectivity index (χ3v) is 4.02. The second kappa shape index (κ2) is 7.70. The Hall–Kier alpha value is -3.67. The average molecular weight is 362 g/mol. The van der Waals surface area contributed by atoms with Gasteiger partial charge in [0.05, 0.1) is 5.69 Å². The fourth-order valence-electron chi connectivity index (χ4n) is 2.67. The first-order valence-electron chi connectivity index (χ1n) is 8.32. The number of aryl methyl sites for hydroxylation is 1. The highest BCUT2D eigenvalue weighted by Gasteiger charge is 2.37. The Morgan fingerprint density at radius 2 is 1.78 bits per heavy atom. The topological polar surface area (TPSA) is 75.7 Å². The number of nitrogens with zero attached hydrogens (tertiary/aromatic N) is 1. The number of anilines is 1. The summed E-state index contributed by atoms with van der Waals surface area (Å²) in [5, 5.41) is 2.22. The maximum absolute atomic E-state index is 12.9. The van der Waals surface area contributed by atoms with Crippen LogP contribution in [0.15, 0.2) is 66.8 Å². The fourth-order valence-corrected chi connectivity index (χ4v) is 2.67. The van der Waals surface area contributed by atoms with Crippen LogP contribution in [-0.4, -0.2) is 24.5 Å². The molecule has 0 radical (unpaired) electrons. The Labute approximate surface area is 156 Å². The average Bonchev–Trinajstić information content (AvgIpc) is 2.66. The molecule has 0 aliphatic carbocycles. The lowest BCUT2D eigenvalue weighted by Crippen LogP contribution is -2.54. The number of hydrogen-bond donors (Lipinski definition) is 1. The number of nitrogens with one attached hydrogen (secondary N) is 1. The lowest BCUT2D eigenvalue weighted by atomic mass is 10.1.